The molecule has 0 radical (unpaired) electrons. The van der Waals surface area contributed by atoms with Crippen LogP contribution < -0.4 is 4.74 Å². The minimum Gasteiger partial charge on any atom is -0.465 e. The molecule has 0 saturated heterocycles. The molecule has 0 N–H and O–H groups in total. The van der Waals surface area contributed by atoms with Gasteiger partial charge in [0, 0.05) is 12.3 Å². The van der Waals surface area contributed by atoms with Gasteiger partial charge in [0.2, 0.25) is 0 Å². The molecule has 0 amide bonds. The molecule has 0 aliphatic carbocycles. The van der Waals surface area contributed by atoms with Gasteiger partial charge in [-0.25, -0.2) is 14.6 Å². The Morgan fingerprint density at radius 1 is 0.857 bits per heavy atom. The van der Waals surface area contributed by atoms with Crippen molar-refractivity contribution in [3.8, 4) is 11.5 Å². The second-order valence-electron chi connectivity index (χ2n) is 7.20. The van der Waals surface area contributed by atoms with Gasteiger partial charge in [0.1, 0.15) is 17.1 Å². The summed E-state index contributed by atoms with van der Waals surface area (Å²) in [4.78, 5) is 28.0. The quantitative estimate of drug-likeness (QED) is 0.608. The molecule has 0 fully saturated rings. The lowest BCUT2D eigenvalue weighted by Crippen LogP contribution is -2.24. The molecular formula is C22H21NO5. The maximum absolute atomic E-state index is 12.2. The zero-order chi connectivity index (χ0) is 20.3. The smallest absolute Gasteiger partial charge is 0.357 e. The number of esters is 2. The van der Waals surface area contributed by atoms with Gasteiger partial charge < -0.3 is 14.2 Å². The van der Waals surface area contributed by atoms with E-state index in [1.54, 1.807) is 39.0 Å². The minimum absolute atomic E-state index is 0.168. The molecule has 6 nitrogen and oxygen atoms in total. The molecule has 1 aromatic heterocycles. The van der Waals surface area contributed by atoms with Crippen molar-refractivity contribution in [2.75, 3.05) is 7.11 Å². The highest BCUT2D eigenvalue weighted by atomic mass is 16.6. The van der Waals surface area contributed by atoms with Crippen LogP contribution >= 0.6 is 0 Å². The number of nitrogens with zero attached hydrogens (tertiary/aromatic N) is 1. The third-order valence-corrected chi connectivity index (χ3v) is 3.81. The minimum atomic E-state index is -0.606. The number of rotatable bonds is 4. The van der Waals surface area contributed by atoms with Crippen molar-refractivity contribution in [3.63, 3.8) is 0 Å². The topological polar surface area (TPSA) is 74.7 Å². The van der Waals surface area contributed by atoms with Crippen LogP contribution in [0.15, 0.2) is 54.7 Å². The van der Waals surface area contributed by atoms with Gasteiger partial charge in [0.25, 0.3) is 0 Å². The highest BCUT2D eigenvalue weighted by Gasteiger charge is 2.19. The van der Waals surface area contributed by atoms with Crippen molar-refractivity contribution in [1.29, 1.82) is 0 Å². The highest BCUT2D eigenvalue weighted by Crippen LogP contribution is 2.27. The normalized spacial score (nSPS) is 11.1. The maximum Gasteiger partial charge on any atom is 0.357 e. The molecular weight excluding hydrogens is 358 g/mol. The van der Waals surface area contributed by atoms with E-state index in [1.807, 2.05) is 24.3 Å². The zero-order valence-corrected chi connectivity index (χ0v) is 16.2. The Hall–Kier alpha value is -3.41. The third kappa shape index (κ3) is 4.65. The Morgan fingerprint density at radius 2 is 1.57 bits per heavy atom. The molecule has 0 saturated carbocycles. The number of carbonyl (C=O) groups excluding carboxylic acids is 2. The molecule has 0 atom stereocenters. The Balaban J connectivity index is 1.85. The summed E-state index contributed by atoms with van der Waals surface area (Å²) in [6.07, 6.45) is 1.49. The first-order valence-corrected chi connectivity index (χ1v) is 8.74. The molecule has 0 bridgehead atoms. The number of fused-ring (bicyclic) bond motifs is 1. The first-order chi connectivity index (χ1) is 13.2. The summed E-state index contributed by atoms with van der Waals surface area (Å²) in [5.41, 5.74) is 0.0233. The van der Waals surface area contributed by atoms with Crippen LogP contribution in [-0.2, 0) is 9.47 Å². The van der Waals surface area contributed by atoms with Crippen LogP contribution in [0.1, 0.15) is 41.6 Å². The van der Waals surface area contributed by atoms with E-state index in [9.17, 15) is 9.59 Å². The first kappa shape index (κ1) is 19.4. The van der Waals surface area contributed by atoms with E-state index >= 15 is 0 Å². The van der Waals surface area contributed by atoms with Gasteiger partial charge in [-0.3, -0.25) is 0 Å². The number of pyridine rings is 1. The van der Waals surface area contributed by atoms with Crippen LogP contribution in [0.5, 0.6) is 11.5 Å². The number of methoxy groups -OCH3 is 1. The fraction of sp³-hybridized carbons (Fsp3) is 0.227. The summed E-state index contributed by atoms with van der Waals surface area (Å²) in [6, 6.07) is 14.0. The van der Waals surface area contributed by atoms with Crippen molar-refractivity contribution in [2.24, 2.45) is 0 Å². The zero-order valence-electron chi connectivity index (χ0n) is 16.2. The van der Waals surface area contributed by atoms with Crippen molar-refractivity contribution in [1.82, 2.24) is 4.98 Å². The summed E-state index contributed by atoms with van der Waals surface area (Å²) in [6.45, 7) is 5.38. The molecule has 2 aromatic carbocycles. The van der Waals surface area contributed by atoms with Gasteiger partial charge >= 0.3 is 11.9 Å². The van der Waals surface area contributed by atoms with Crippen LogP contribution in [0.3, 0.4) is 0 Å². The van der Waals surface area contributed by atoms with Gasteiger partial charge in [-0.15, -0.1) is 0 Å². The molecule has 0 spiro atoms. The molecule has 3 rings (SSSR count). The monoisotopic (exact) mass is 379 g/mol. The van der Waals surface area contributed by atoms with Crippen LogP contribution in [0, 0.1) is 0 Å². The Morgan fingerprint density at radius 3 is 2.29 bits per heavy atom. The van der Waals surface area contributed by atoms with Crippen LogP contribution in [0.25, 0.3) is 10.8 Å². The molecule has 6 heteroatoms. The molecule has 3 aromatic rings. The number of carbonyl (C=O) groups is 2. The fourth-order valence-corrected chi connectivity index (χ4v) is 2.59. The molecule has 1 heterocycles. The SMILES string of the molecule is COC(=O)c1ccc2ccc(Oc3ccnc(C(=O)OC(C)(C)C)c3)cc2c1. The number of ether oxygens (including phenoxy) is 3. The number of hydrogen-bond acceptors (Lipinski definition) is 6. The predicted octanol–water partition coefficient (Wildman–Crippen LogP) is 4.77. The number of aromatic nitrogens is 1. The first-order valence-electron chi connectivity index (χ1n) is 8.74. The Labute approximate surface area is 163 Å². The van der Waals surface area contributed by atoms with E-state index in [0.29, 0.717) is 17.1 Å². The lowest BCUT2D eigenvalue weighted by Gasteiger charge is -2.19. The van der Waals surface area contributed by atoms with E-state index in [-0.39, 0.29) is 5.69 Å². The van der Waals surface area contributed by atoms with Gasteiger partial charge in [-0.1, -0.05) is 12.1 Å². The fourth-order valence-electron chi connectivity index (χ4n) is 2.59. The second kappa shape index (κ2) is 7.68. The van der Waals surface area contributed by atoms with E-state index in [2.05, 4.69) is 4.98 Å². The lowest BCUT2D eigenvalue weighted by molar-refractivity contribution is 0.00623. The molecule has 0 aliphatic heterocycles. The second-order valence-corrected chi connectivity index (χ2v) is 7.20. The highest BCUT2D eigenvalue weighted by molar-refractivity contribution is 5.95. The molecule has 28 heavy (non-hydrogen) atoms. The summed E-state index contributed by atoms with van der Waals surface area (Å²) in [5, 5.41) is 1.80. The van der Waals surface area contributed by atoms with Gasteiger partial charge in [0.05, 0.1) is 12.7 Å². The summed E-state index contributed by atoms with van der Waals surface area (Å²) >= 11 is 0. The van der Waals surface area contributed by atoms with Crippen LogP contribution in [0.4, 0.5) is 0 Å². The van der Waals surface area contributed by atoms with Gasteiger partial charge in [-0.2, -0.15) is 0 Å². The largest absolute Gasteiger partial charge is 0.465 e. The van der Waals surface area contributed by atoms with E-state index < -0.39 is 17.5 Å². The van der Waals surface area contributed by atoms with E-state index in [4.69, 9.17) is 14.2 Å². The van der Waals surface area contributed by atoms with Crippen molar-refractivity contribution in [3.05, 3.63) is 66.0 Å². The summed E-state index contributed by atoms with van der Waals surface area (Å²) in [5.74, 6) is 0.110. The maximum atomic E-state index is 12.2. The van der Waals surface area contributed by atoms with E-state index in [0.717, 1.165) is 10.8 Å². The van der Waals surface area contributed by atoms with Crippen molar-refractivity contribution < 1.29 is 23.8 Å². The van der Waals surface area contributed by atoms with Crippen molar-refractivity contribution >= 4 is 22.7 Å². The van der Waals surface area contributed by atoms with Gasteiger partial charge in [-0.05, 0) is 61.9 Å². The van der Waals surface area contributed by atoms with Gasteiger partial charge in [0.15, 0.2) is 5.69 Å². The molecule has 0 unspecified atom stereocenters. The standard InChI is InChI=1S/C22H21NO5/c1-22(2,3)28-21(25)19-13-18(9-10-23-19)27-17-8-7-14-5-6-15(20(24)26-4)11-16(14)12-17/h5-13H,1-4H3. The lowest BCUT2D eigenvalue weighted by atomic mass is 10.1. The average Bonchev–Trinajstić information content (AvgIpc) is 2.65. The van der Waals surface area contributed by atoms with Crippen LogP contribution in [-0.4, -0.2) is 29.6 Å². The van der Waals surface area contributed by atoms with Crippen LogP contribution in [0.2, 0.25) is 0 Å². The summed E-state index contributed by atoms with van der Waals surface area (Å²) in [7, 11) is 1.34. The average molecular weight is 379 g/mol. The molecule has 144 valence electrons. The predicted molar refractivity (Wildman–Crippen MR) is 105 cm³/mol. The number of benzene rings is 2. The third-order valence-electron chi connectivity index (χ3n) is 3.81. The molecule has 0 aliphatic rings. The number of hydrogen-bond donors (Lipinski definition) is 0. The Bertz CT molecular complexity index is 1040. The van der Waals surface area contributed by atoms with E-state index in [1.165, 1.54) is 19.4 Å². The Kier molecular flexibility index (Phi) is 5.31. The summed E-state index contributed by atoms with van der Waals surface area (Å²) < 4.78 is 16.0. The van der Waals surface area contributed by atoms with Crippen molar-refractivity contribution in [2.45, 2.75) is 26.4 Å².